The third-order valence-corrected chi connectivity index (χ3v) is 4.84. The molecule has 0 amide bonds. The molecule has 3 aromatic rings. The Kier molecular flexibility index (Phi) is 3.78. The minimum Gasteiger partial charge on any atom is -0.485 e. The van der Waals surface area contributed by atoms with Gasteiger partial charge in [0, 0.05) is 40.9 Å². The van der Waals surface area contributed by atoms with E-state index in [9.17, 15) is 5.11 Å². The van der Waals surface area contributed by atoms with E-state index in [0.29, 0.717) is 5.02 Å². The van der Waals surface area contributed by atoms with Gasteiger partial charge in [0.05, 0.1) is 6.04 Å². The van der Waals surface area contributed by atoms with Crippen molar-refractivity contribution in [1.29, 1.82) is 0 Å². The number of pyridine rings is 1. The Morgan fingerprint density at radius 3 is 2.68 bits per heavy atom. The van der Waals surface area contributed by atoms with E-state index < -0.39 is 11.7 Å². The van der Waals surface area contributed by atoms with Crippen molar-refractivity contribution in [2.45, 2.75) is 31.6 Å². The van der Waals surface area contributed by atoms with Crippen LogP contribution < -0.4 is 4.74 Å². The summed E-state index contributed by atoms with van der Waals surface area (Å²) in [5, 5.41) is 11.7. The summed E-state index contributed by atoms with van der Waals surface area (Å²) in [5.41, 5.74) is 1.03. The molecule has 0 bridgehead atoms. The maximum Gasteiger partial charge on any atom is 0.140 e. The number of rotatable bonds is 2. The van der Waals surface area contributed by atoms with E-state index in [1.165, 1.54) is 0 Å². The molecule has 6 heteroatoms. The SMILES string of the molecule is CC1(C)Oc2ccncc2C(n2ccnc2-c2ccc(Cl)cc2)C1O. The van der Waals surface area contributed by atoms with Gasteiger partial charge >= 0.3 is 0 Å². The average molecular weight is 356 g/mol. The van der Waals surface area contributed by atoms with Crippen LogP contribution in [0.4, 0.5) is 0 Å². The van der Waals surface area contributed by atoms with Crippen molar-refractivity contribution >= 4 is 11.6 Å². The van der Waals surface area contributed by atoms with E-state index in [4.69, 9.17) is 16.3 Å². The lowest BCUT2D eigenvalue weighted by atomic mass is 9.87. The van der Waals surface area contributed by atoms with Crippen molar-refractivity contribution in [2.75, 3.05) is 0 Å². The standard InChI is InChI=1S/C19H18ClN3O2/c1-19(2)17(24)16(14-11-21-8-7-15(14)25-19)23-10-9-22-18(23)12-3-5-13(20)6-4-12/h3-11,16-17,24H,1-2H3. The van der Waals surface area contributed by atoms with Gasteiger partial charge in [-0.05, 0) is 44.2 Å². The summed E-state index contributed by atoms with van der Waals surface area (Å²) in [4.78, 5) is 8.71. The number of imidazole rings is 1. The molecule has 2 aromatic heterocycles. The Bertz CT molecular complexity index is 905. The molecule has 0 radical (unpaired) electrons. The Morgan fingerprint density at radius 1 is 1.16 bits per heavy atom. The predicted molar refractivity (Wildman–Crippen MR) is 95.8 cm³/mol. The first kappa shape index (κ1) is 16.1. The fraction of sp³-hybridized carbons (Fsp3) is 0.263. The van der Waals surface area contributed by atoms with Crippen molar-refractivity contribution in [2.24, 2.45) is 0 Å². The number of aromatic nitrogens is 3. The molecule has 0 saturated heterocycles. The van der Waals surface area contributed by atoms with Crippen LogP contribution in [0.1, 0.15) is 25.5 Å². The molecular weight excluding hydrogens is 338 g/mol. The normalized spacial score (nSPS) is 21.4. The molecule has 128 valence electrons. The van der Waals surface area contributed by atoms with Crippen LogP contribution >= 0.6 is 11.6 Å². The van der Waals surface area contributed by atoms with Gasteiger partial charge in [0.25, 0.3) is 0 Å². The minimum atomic E-state index is -0.760. The van der Waals surface area contributed by atoms with Crippen LogP contribution in [0.25, 0.3) is 11.4 Å². The summed E-state index contributed by atoms with van der Waals surface area (Å²) in [6, 6.07) is 8.98. The molecule has 3 heterocycles. The Balaban J connectivity index is 1.87. The fourth-order valence-corrected chi connectivity index (χ4v) is 3.39. The first-order chi connectivity index (χ1) is 12.0. The lowest BCUT2D eigenvalue weighted by molar-refractivity contribution is -0.0635. The van der Waals surface area contributed by atoms with Gasteiger partial charge in [0.2, 0.25) is 0 Å². The summed E-state index contributed by atoms with van der Waals surface area (Å²) in [7, 11) is 0. The molecular formula is C19H18ClN3O2. The molecule has 0 spiro atoms. The Hall–Kier alpha value is -2.37. The van der Waals surface area contributed by atoms with E-state index in [2.05, 4.69) is 9.97 Å². The van der Waals surface area contributed by atoms with E-state index in [-0.39, 0.29) is 6.04 Å². The minimum absolute atomic E-state index is 0.347. The zero-order valence-electron chi connectivity index (χ0n) is 13.9. The Labute approximate surface area is 150 Å². The third-order valence-electron chi connectivity index (χ3n) is 4.58. The zero-order valence-corrected chi connectivity index (χ0v) is 14.7. The molecule has 1 aliphatic rings. The summed E-state index contributed by atoms with van der Waals surface area (Å²) < 4.78 is 7.95. The third kappa shape index (κ3) is 2.69. The number of benzene rings is 1. The van der Waals surface area contributed by atoms with Crippen molar-refractivity contribution in [1.82, 2.24) is 14.5 Å². The summed E-state index contributed by atoms with van der Waals surface area (Å²) in [6.07, 6.45) is 6.27. The smallest absolute Gasteiger partial charge is 0.140 e. The lowest BCUT2D eigenvalue weighted by Gasteiger charge is -2.42. The number of aliphatic hydroxyl groups is 1. The maximum absolute atomic E-state index is 11.0. The van der Waals surface area contributed by atoms with Crippen molar-refractivity contribution in [3.63, 3.8) is 0 Å². The van der Waals surface area contributed by atoms with Gasteiger partial charge in [-0.1, -0.05) is 11.6 Å². The molecule has 1 N–H and O–H groups in total. The second kappa shape index (κ2) is 5.86. The molecule has 0 aliphatic carbocycles. The van der Waals surface area contributed by atoms with E-state index in [0.717, 1.165) is 22.7 Å². The molecule has 0 saturated carbocycles. The van der Waals surface area contributed by atoms with Crippen LogP contribution in [0, 0.1) is 0 Å². The monoisotopic (exact) mass is 355 g/mol. The van der Waals surface area contributed by atoms with Gasteiger partial charge in [0.1, 0.15) is 23.3 Å². The number of hydrogen-bond acceptors (Lipinski definition) is 4. The van der Waals surface area contributed by atoms with Crippen molar-refractivity contribution < 1.29 is 9.84 Å². The van der Waals surface area contributed by atoms with Crippen molar-refractivity contribution in [3.05, 3.63) is 65.7 Å². The van der Waals surface area contributed by atoms with Crippen LogP contribution in [-0.4, -0.2) is 31.3 Å². The topological polar surface area (TPSA) is 60.2 Å². The van der Waals surface area contributed by atoms with E-state index in [1.807, 2.05) is 54.9 Å². The van der Waals surface area contributed by atoms with Gasteiger partial charge in [-0.2, -0.15) is 0 Å². The Morgan fingerprint density at radius 2 is 1.92 bits per heavy atom. The molecule has 5 nitrogen and oxygen atoms in total. The number of hydrogen-bond donors (Lipinski definition) is 1. The first-order valence-corrected chi connectivity index (χ1v) is 8.45. The van der Waals surface area contributed by atoms with Crippen LogP contribution in [0.2, 0.25) is 5.02 Å². The van der Waals surface area contributed by atoms with Crippen molar-refractivity contribution in [3.8, 4) is 17.1 Å². The van der Waals surface area contributed by atoms with Crippen LogP contribution in [-0.2, 0) is 0 Å². The first-order valence-electron chi connectivity index (χ1n) is 8.07. The number of ether oxygens (including phenoxy) is 1. The van der Waals surface area contributed by atoms with E-state index in [1.54, 1.807) is 18.6 Å². The number of fused-ring (bicyclic) bond motifs is 1. The highest BCUT2D eigenvalue weighted by Crippen LogP contribution is 2.42. The van der Waals surface area contributed by atoms with E-state index >= 15 is 0 Å². The summed E-state index contributed by atoms with van der Waals surface area (Å²) >= 11 is 6.00. The number of nitrogens with zero attached hydrogens (tertiary/aromatic N) is 3. The average Bonchev–Trinajstić information content (AvgIpc) is 3.05. The number of halogens is 1. The second-order valence-corrected chi connectivity index (χ2v) is 7.11. The van der Waals surface area contributed by atoms with Gasteiger partial charge in [-0.15, -0.1) is 0 Å². The van der Waals surface area contributed by atoms with Crippen LogP contribution in [0.3, 0.4) is 0 Å². The van der Waals surface area contributed by atoms with Gasteiger partial charge < -0.3 is 14.4 Å². The molecule has 4 rings (SSSR count). The molecule has 0 fully saturated rings. The summed E-state index contributed by atoms with van der Waals surface area (Å²) in [5.74, 6) is 1.49. The lowest BCUT2D eigenvalue weighted by Crippen LogP contribution is -2.50. The quantitative estimate of drug-likeness (QED) is 0.761. The second-order valence-electron chi connectivity index (χ2n) is 6.67. The largest absolute Gasteiger partial charge is 0.485 e. The molecule has 1 aromatic carbocycles. The zero-order chi connectivity index (χ0) is 17.6. The van der Waals surface area contributed by atoms with Gasteiger partial charge in [0.15, 0.2) is 0 Å². The highest BCUT2D eigenvalue weighted by atomic mass is 35.5. The van der Waals surface area contributed by atoms with Crippen LogP contribution in [0.5, 0.6) is 5.75 Å². The van der Waals surface area contributed by atoms with Crippen LogP contribution in [0.15, 0.2) is 55.1 Å². The number of aliphatic hydroxyl groups excluding tert-OH is 1. The maximum atomic E-state index is 11.0. The predicted octanol–water partition coefficient (Wildman–Crippen LogP) is 3.72. The summed E-state index contributed by atoms with van der Waals surface area (Å²) in [6.45, 7) is 3.76. The molecule has 25 heavy (non-hydrogen) atoms. The highest BCUT2D eigenvalue weighted by Gasteiger charge is 2.44. The fourth-order valence-electron chi connectivity index (χ4n) is 3.27. The molecule has 1 aliphatic heterocycles. The van der Waals surface area contributed by atoms with Gasteiger partial charge in [-0.25, -0.2) is 4.98 Å². The molecule has 2 unspecified atom stereocenters. The molecule has 2 atom stereocenters. The highest BCUT2D eigenvalue weighted by molar-refractivity contribution is 6.30. The van der Waals surface area contributed by atoms with Gasteiger partial charge in [-0.3, -0.25) is 4.98 Å².